The van der Waals surface area contributed by atoms with Crippen molar-refractivity contribution >= 4 is 13.9 Å². The molecule has 1 unspecified atom stereocenters. The van der Waals surface area contributed by atoms with E-state index >= 15 is 0 Å². The lowest BCUT2D eigenvalue weighted by atomic mass is 10.1. The number of nitrogens with zero attached hydrogens (tertiary/aromatic N) is 1. The van der Waals surface area contributed by atoms with Crippen LogP contribution in [0.1, 0.15) is 12.0 Å². The van der Waals surface area contributed by atoms with Crippen LogP contribution in [0.5, 0.6) is 0 Å². The molecule has 0 heterocycles. The molecule has 17 heavy (non-hydrogen) atoms. The zero-order valence-corrected chi connectivity index (χ0v) is 10.4. The van der Waals surface area contributed by atoms with Gasteiger partial charge >= 0.3 is 0 Å². The molecule has 94 valence electrons. The van der Waals surface area contributed by atoms with Gasteiger partial charge in [-0.3, -0.25) is 14.6 Å². The molecule has 0 saturated carbocycles. The average Bonchev–Trinajstić information content (AvgIpc) is 2.29. The highest BCUT2D eigenvalue weighted by molar-refractivity contribution is 7.37. The van der Waals surface area contributed by atoms with Gasteiger partial charge in [-0.25, -0.2) is 5.06 Å². The van der Waals surface area contributed by atoms with Crippen molar-refractivity contribution in [2.24, 2.45) is 0 Å². The molecule has 1 aromatic rings. The third-order valence-electron chi connectivity index (χ3n) is 2.25. The van der Waals surface area contributed by atoms with Crippen molar-refractivity contribution < 1.29 is 19.5 Å². The third-order valence-corrected chi connectivity index (χ3v) is 3.03. The molecule has 6 heteroatoms. The van der Waals surface area contributed by atoms with Gasteiger partial charge in [-0.2, -0.15) is 0 Å². The fourth-order valence-corrected chi connectivity index (χ4v) is 1.83. The molecule has 0 bridgehead atoms. The van der Waals surface area contributed by atoms with Crippen molar-refractivity contribution in [3.05, 3.63) is 35.9 Å². The molecule has 0 spiro atoms. The molecule has 0 aliphatic rings. The van der Waals surface area contributed by atoms with Crippen LogP contribution in [0.3, 0.4) is 0 Å². The van der Waals surface area contributed by atoms with E-state index in [2.05, 4.69) is 0 Å². The van der Waals surface area contributed by atoms with Crippen LogP contribution in [0.25, 0.3) is 0 Å². The van der Waals surface area contributed by atoms with Gasteiger partial charge in [0, 0.05) is 12.7 Å². The predicted octanol–water partition coefficient (Wildman–Crippen LogP) is 1.30. The quantitative estimate of drug-likeness (QED) is 0.457. The van der Waals surface area contributed by atoms with Gasteiger partial charge in [0.25, 0.3) is 0 Å². The molecule has 0 aromatic heterocycles. The Morgan fingerprint density at radius 3 is 2.53 bits per heavy atom. The maximum atomic E-state index is 11.5. The lowest BCUT2D eigenvalue weighted by Crippen LogP contribution is -2.30. The highest BCUT2D eigenvalue weighted by Gasteiger charge is 2.11. The van der Waals surface area contributed by atoms with Crippen LogP contribution >= 0.6 is 8.03 Å². The molecule has 0 aliphatic heterocycles. The van der Waals surface area contributed by atoms with Crippen molar-refractivity contribution in [2.75, 3.05) is 12.7 Å². The Morgan fingerprint density at radius 1 is 1.29 bits per heavy atom. The average molecular weight is 257 g/mol. The zero-order chi connectivity index (χ0) is 12.7. The van der Waals surface area contributed by atoms with E-state index in [0.717, 1.165) is 5.56 Å². The molecule has 0 aliphatic carbocycles. The number of rotatable bonds is 6. The zero-order valence-electron chi connectivity index (χ0n) is 9.37. The molecular weight excluding hydrogens is 241 g/mol. The van der Waals surface area contributed by atoms with Gasteiger partial charge in [-0.05, 0) is 12.0 Å². The molecular formula is C11H16NO4P. The molecule has 0 radical (unpaired) electrons. The summed E-state index contributed by atoms with van der Waals surface area (Å²) >= 11 is 0. The van der Waals surface area contributed by atoms with Gasteiger partial charge in [0.1, 0.15) is 0 Å². The first-order valence-corrected chi connectivity index (χ1v) is 6.91. The summed E-state index contributed by atoms with van der Waals surface area (Å²) in [6, 6.07) is 9.10. The number of carbonyl (C=O) groups excluding carboxylic acids is 1. The minimum atomic E-state index is -2.51. The lowest BCUT2D eigenvalue weighted by molar-refractivity contribution is -0.164. The normalized spacial score (nSPS) is 12.1. The van der Waals surface area contributed by atoms with Crippen molar-refractivity contribution in [2.45, 2.75) is 12.8 Å². The molecule has 0 fully saturated rings. The van der Waals surface area contributed by atoms with Crippen LogP contribution in [0, 0.1) is 0 Å². The highest BCUT2D eigenvalue weighted by atomic mass is 31.1. The number of hydrogen-bond donors (Lipinski definition) is 2. The van der Waals surface area contributed by atoms with Crippen molar-refractivity contribution in [1.29, 1.82) is 0 Å². The number of hydroxylamine groups is 2. The molecule has 1 aromatic carbocycles. The molecule has 1 rings (SSSR count). The number of amides is 1. The monoisotopic (exact) mass is 257 g/mol. The minimum absolute atomic E-state index is 0.0859. The van der Waals surface area contributed by atoms with Crippen LogP contribution in [0.2, 0.25) is 0 Å². The highest BCUT2D eigenvalue weighted by Crippen LogP contribution is 2.13. The fourth-order valence-electron chi connectivity index (χ4n) is 1.37. The van der Waals surface area contributed by atoms with Crippen LogP contribution in [-0.2, 0) is 15.8 Å². The van der Waals surface area contributed by atoms with Gasteiger partial charge < -0.3 is 4.89 Å². The van der Waals surface area contributed by atoms with Gasteiger partial charge in [0.15, 0.2) is 8.03 Å². The topological polar surface area (TPSA) is 77.8 Å². The summed E-state index contributed by atoms with van der Waals surface area (Å²) in [5, 5.41) is 10.0. The third kappa shape index (κ3) is 5.63. The van der Waals surface area contributed by atoms with E-state index in [-0.39, 0.29) is 19.1 Å². The Hall–Kier alpha value is -1.16. The maximum absolute atomic E-state index is 11.5. The smallest absolute Gasteiger partial charge is 0.250 e. The fraction of sp³-hybridized carbons (Fsp3) is 0.364. The summed E-state index contributed by atoms with van der Waals surface area (Å²) in [4.78, 5) is 20.1. The number of benzene rings is 1. The van der Waals surface area contributed by atoms with E-state index in [1.54, 1.807) is 12.1 Å². The summed E-state index contributed by atoms with van der Waals surface area (Å²) in [5.41, 5.74) is 0.826. The molecule has 1 amide bonds. The Kier molecular flexibility index (Phi) is 5.91. The molecule has 0 saturated heterocycles. The second-order valence-corrected chi connectivity index (χ2v) is 4.96. The van der Waals surface area contributed by atoms with Gasteiger partial charge in [-0.15, -0.1) is 0 Å². The SMILES string of the molecule is O=C(Cc1ccccc1)N(O)CCC[PH](=O)O. The van der Waals surface area contributed by atoms with E-state index in [4.69, 9.17) is 4.89 Å². The van der Waals surface area contributed by atoms with E-state index in [1.165, 1.54) is 0 Å². The Balaban J connectivity index is 2.34. The molecule has 1 atom stereocenters. The van der Waals surface area contributed by atoms with Crippen molar-refractivity contribution in [1.82, 2.24) is 5.06 Å². The first-order chi connectivity index (χ1) is 8.09. The van der Waals surface area contributed by atoms with E-state index in [9.17, 15) is 14.6 Å². The summed E-state index contributed by atoms with van der Waals surface area (Å²) in [7, 11) is -2.51. The standard InChI is InChI=1S/C11H16NO4P/c13-11(9-10-5-2-1-3-6-10)12(14)7-4-8-17(15)16/h1-3,5-6,14,17H,4,7-9H2,(H,15,16). The summed E-state index contributed by atoms with van der Waals surface area (Å²) in [6.45, 7) is 0.0859. The van der Waals surface area contributed by atoms with Gasteiger partial charge in [0.2, 0.25) is 5.91 Å². The maximum Gasteiger partial charge on any atom is 0.250 e. The summed E-state index contributed by atoms with van der Waals surface area (Å²) in [6.07, 6.45) is 0.581. The van der Waals surface area contributed by atoms with Crippen LogP contribution < -0.4 is 0 Å². The second kappa shape index (κ2) is 7.22. The van der Waals surface area contributed by atoms with Crippen LogP contribution in [0.15, 0.2) is 30.3 Å². The van der Waals surface area contributed by atoms with Crippen LogP contribution in [-0.4, -0.2) is 33.8 Å². The second-order valence-electron chi connectivity index (χ2n) is 3.68. The Labute approximate surface area is 101 Å². The molecule has 5 nitrogen and oxygen atoms in total. The summed E-state index contributed by atoms with van der Waals surface area (Å²) < 4.78 is 10.4. The van der Waals surface area contributed by atoms with E-state index in [0.29, 0.717) is 11.5 Å². The Morgan fingerprint density at radius 2 is 1.94 bits per heavy atom. The minimum Gasteiger partial charge on any atom is -0.346 e. The number of hydrogen-bond acceptors (Lipinski definition) is 3. The summed E-state index contributed by atoms with van der Waals surface area (Å²) in [5.74, 6) is -0.409. The van der Waals surface area contributed by atoms with E-state index in [1.807, 2.05) is 18.2 Å². The van der Waals surface area contributed by atoms with Gasteiger partial charge in [-0.1, -0.05) is 30.3 Å². The lowest BCUT2D eigenvalue weighted by Gasteiger charge is -2.14. The Bertz CT molecular complexity index is 382. The number of carbonyl (C=O) groups is 1. The van der Waals surface area contributed by atoms with Gasteiger partial charge in [0.05, 0.1) is 6.42 Å². The first-order valence-electron chi connectivity index (χ1n) is 5.34. The predicted molar refractivity (Wildman–Crippen MR) is 64.3 cm³/mol. The van der Waals surface area contributed by atoms with Crippen molar-refractivity contribution in [3.8, 4) is 0 Å². The van der Waals surface area contributed by atoms with Crippen molar-refractivity contribution in [3.63, 3.8) is 0 Å². The largest absolute Gasteiger partial charge is 0.346 e. The van der Waals surface area contributed by atoms with E-state index < -0.39 is 13.9 Å². The first kappa shape index (κ1) is 13.9. The van der Waals surface area contributed by atoms with Crippen LogP contribution in [0.4, 0.5) is 0 Å². The molecule has 2 N–H and O–H groups in total.